The molecule has 1 nitrogen and oxygen atoms in total. The number of hydrogen-bond acceptors (Lipinski definition) is 1. The number of likely N-dealkylation sites (N-methyl/N-ethyl adjacent to an activating group) is 1. The lowest BCUT2D eigenvalue weighted by atomic mass is 10.0. The molecule has 0 heterocycles. The smallest absolute Gasteiger partial charge is 0.0712 e. The van der Waals surface area contributed by atoms with Gasteiger partial charge in [-0.05, 0) is 43.0 Å². The lowest BCUT2D eigenvalue weighted by molar-refractivity contribution is 0.283. The quantitative estimate of drug-likeness (QED) is 0.560. The summed E-state index contributed by atoms with van der Waals surface area (Å²) in [6.45, 7) is 12.1. The zero-order valence-electron chi connectivity index (χ0n) is 13.5. The number of halogens is 1. The average molecular weight is 296 g/mol. The van der Waals surface area contributed by atoms with Gasteiger partial charge in [-0.2, -0.15) is 0 Å². The molecule has 0 aliphatic heterocycles. The van der Waals surface area contributed by atoms with Crippen LogP contribution in [0.3, 0.4) is 0 Å². The predicted molar refractivity (Wildman–Crippen MR) is 90.6 cm³/mol. The topological polar surface area (TPSA) is 3.24 Å². The Morgan fingerprint density at radius 1 is 1.10 bits per heavy atom. The van der Waals surface area contributed by atoms with Crippen molar-refractivity contribution < 1.29 is 0 Å². The first-order valence-electron chi connectivity index (χ1n) is 8.02. The number of hydrogen-bond donors (Lipinski definition) is 0. The van der Waals surface area contributed by atoms with Crippen LogP contribution < -0.4 is 0 Å². The summed E-state index contributed by atoms with van der Waals surface area (Å²) in [5, 5.41) is 0.0971. The van der Waals surface area contributed by atoms with Crippen molar-refractivity contribution in [2.24, 2.45) is 5.92 Å². The molecule has 1 unspecified atom stereocenters. The van der Waals surface area contributed by atoms with Crippen molar-refractivity contribution in [2.45, 2.75) is 52.3 Å². The Labute approximate surface area is 130 Å². The fourth-order valence-electron chi connectivity index (χ4n) is 2.43. The second-order valence-electron chi connectivity index (χ2n) is 6.05. The van der Waals surface area contributed by atoms with Crippen LogP contribution in [-0.2, 0) is 6.42 Å². The molecule has 0 aliphatic rings. The zero-order chi connectivity index (χ0) is 15.0. The van der Waals surface area contributed by atoms with Crippen LogP contribution in [0.4, 0.5) is 0 Å². The molecule has 1 atom stereocenters. The Kier molecular flexibility index (Phi) is 8.25. The van der Waals surface area contributed by atoms with Crippen LogP contribution in [0.5, 0.6) is 0 Å². The highest BCUT2D eigenvalue weighted by atomic mass is 35.5. The first-order valence-corrected chi connectivity index (χ1v) is 8.45. The molecule has 0 saturated heterocycles. The molecule has 0 bridgehead atoms. The summed E-state index contributed by atoms with van der Waals surface area (Å²) >= 11 is 6.58. The van der Waals surface area contributed by atoms with Crippen molar-refractivity contribution in [2.75, 3.05) is 19.6 Å². The molecule has 0 saturated carbocycles. The summed E-state index contributed by atoms with van der Waals surface area (Å²) in [7, 11) is 0. The first-order chi connectivity index (χ1) is 9.56. The van der Waals surface area contributed by atoms with E-state index in [-0.39, 0.29) is 5.38 Å². The van der Waals surface area contributed by atoms with Gasteiger partial charge in [0.15, 0.2) is 0 Å². The Balaban J connectivity index is 2.55. The van der Waals surface area contributed by atoms with Gasteiger partial charge >= 0.3 is 0 Å². The maximum atomic E-state index is 6.58. The molecule has 0 amide bonds. The standard InChI is InChI=1S/C18H30ClN/c1-5-7-12-20(6-2)14-18(19)17-10-8-16(9-11-17)13-15(3)4/h8-11,15,18H,5-7,12-14H2,1-4H3. The third kappa shape index (κ3) is 6.28. The monoisotopic (exact) mass is 295 g/mol. The molecule has 2 heteroatoms. The van der Waals surface area contributed by atoms with Gasteiger partial charge in [0.25, 0.3) is 0 Å². The van der Waals surface area contributed by atoms with Gasteiger partial charge in [0, 0.05) is 6.54 Å². The van der Waals surface area contributed by atoms with Crippen molar-refractivity contribution in [3.63, 3.8) is 0 Å². The predicted octanol–water partition coefficient (Wildman–Crippen LogP) is 5.29. The molecule has 114 valence electrons. The third-order valence-corrected chi connectivity index (χ3v) is 4.07. The number of unbranched alkanes of at least 4 members (excludes halogenated alkanes) is 1. The van der Waals surface area contributed by atoms with Gasteiger partial charge in [-0.3, -0.25) is 0 Å². The highest BCUT2D eigenvalue weighted by Gasteiger charge is 2.12. The molecule has 0 fully saturated rings. The fourth-order valence-corrected chi connectivity index (χ4v) is 2.77. The number of alkyl halides is 1. The van der Waals surface area contributed by atoms with Crippen LogP contribution >= 0.6 is 11.6 Å². The van der Waals surface area contributed by atoms with E-state index in [1.165, 1.54) is 24.0 Å². The van der Waals surface area contributed by atoms with Crippen LogP contribution in [0.2, 0.25) is 0 Å². The molecule has 20 heavy (non-hydrogen) atoms. The minimum Gasteiger partial charge on any atom is -0.302 e. The SMILES string of the molecule is CCCCN(CC)CC(Cl)c1ccc(CC(C)C)cc1. The van der Waals surface area contributed by atoms with Crippen LogP contribution in [0.15, 0.2) is 24.3 Å². The van der Waals surface area contributed by atoms with Gasteiger partial charge in [0.2, 0.25) is 0 Å². The van der Waals surface area contributed by atoms with E-state index in [1.807, 2.05) is 0 Å². The average Bonchev–Trinajstić information content (AvgIpc) is 2.43. The largest absolute Gasteiger partial charge is 0.302 e. The van der Waals surface area contributed by atoms with E-state index in [4.69, 9.17) is 11.6 Å². The molecular formula is C18H30ClN. The lowest BCUT2D eigenvalue weighted by Gasteiger charge is -2.23. The summed E-state index contributed by atoms with van der Waals surface area (Å²) in [6.07, 6.45) is 3.64. The van der Waals surface area contributed by atoms with E-state index < -0.39 is 0 Å². The van der Waals surface area contributed by atoms with E-state index in [9.17, 15) is 0 Å². The van der Waals surface area contributed by atoms with E-state index >= 15 is 0 Å². The van der Waals surface area contributed by atoms with E-state index in [2.05, 4.69) is 56.9 Å². The van der Waals surface area contributed by atoms with Gasteiger partial charge in [-0.1, -0.05) is 58.4 Å². The summed E-state index contributed by atoms with van der Waals surface area (Å²) in [5.41, 5.74) is 2.65. The molecular weight excluding hydrogens is 266 g/mol. The molecule has 0 aromatic heterocycles. The Hall–Kier alpha value is -0.530. The minimum atomic E-state index is 0.0971. The third-order valence-electron chi connectivity index (χ3n) is 3.68. The molecule has 1 aromatic rings. The highest BCUT2D eigenvalue weighted by molar-refractivity contribution is 6.21. The van der Waals surface area contributed by atoms with Crippen LogP contribution in [0.25, 0.3) is 0 Å². The van der Waals surface area contributed by atoms with Crippen molar-refractivity contribution in [3.8, 4) is 0 Å². The number of nitrogens with zero attached hydrogens (tertiary/aromatic N) is 1. The maximum Gasteiger partial charge on any atom is 0.0712 e. The normalized spacial score (nSPS) is 13.2. The van der Waals surface area contributed by atoms with Crippen LogP contribution in [0.1, 0.15) is 57.0 Å². The van der Waals surface area contributed by atoms with Crippen molar-refractivity contribution in [3.05, 3.63) is 35.4 Å². The summed E-state index contributed by atoms with van der Waals surface area (Å²) in [5.74, 6) is 0.706. The molecule has 1 rings (SSSR count). The summed E-state index contributed by atoms with van der Waals surface area (Å²) in [4.78, 5) is 2.45. The Morgan fingerprint density at radius 3 is 2.25 bits per heavy atom. The van der Waals surface area contributed by atoms with Gasteiger partial charge in [-0.25, -0.2) is 0 Å². The summed E-state index contributed by atoms with van der Waals surface area (Å²) in [6, 6.07) is 8.85. The van der Waals surface area contributed by atoms with Crippen molar-refractivity contribution >= 4 is 11.6 Å². The fraction of sp³-hybridized carbons (Fsp3) is 0.667. The minimum absolute atomic E-state index is 0.0971. The highest BCUT2D eigenvalue weighted by Crippen LogP contribution is 2.23. The van der Waals surface area contributed by atoms with Gasteiger partial charge in [0.1, 0.15) is 0 Å². The van der Waals surface area contributed by atoms with Crippen LogP contribution in [-0.4, -0.2) is 24.5 Å². The van der Waals surface area contributed by atoms with E-state index in [0.29, 0.717) is 5.92 Å². The molecule has 0 radical (unpaired) electrons. The first kappa shape index (κ1) is 17.5. The second-order valence-corrected chi connectivity index (χ2v) is 6.58. The maximum absolute atomic E-state index is 6.58. The Morgan fingerprint density at radius 2 is 1.75 bits per heavy atom. The summed E-state index contributed by atoms with van der Waals surface area (Å²) < 4.78 is 0. The van der Waals surface area contributed by atoms with E-state index in [0.717, 1.165) is 26.1 Å². The zero-order valence-corrected chi connectivity index (χ0v) is 14.3. The van der Waals surface area contributed by atoms with Crippen molar-refractivity contribution in [1.29, 1.82) is 0 Å². The number of rotatable bonds is 9. The molecule has 0 aliphatic carbocycles. The second kappa shape index (κ2) is 9.41. The van der Waals surface area contributed by atoms with Gasteiger partial charge in [-0.15, -0.1) is 11.6 Å². The molecule has 0 N–H and O–H groups in total. The van der Waals surface area contributed by atoms with Crippen molar-refractivity contribution in [1.82, 2.24) is 4.90 Å². The molecule has 0 spiro atoms. The van der Waals surface area contributed by atoms with E-state index in [1.54, 1.807) is 0 Å². The Bertz CT molecular complexity index is 358. The van der Waals surface area contributed by atoms with Gasteiger partial charge < -0.3 is 4.90 Å². The number of benzene rings is 1. The lowest BCUT2D eigenvalue weighted by Crippen LogP contribution is -2.28. The molecule has 1 aromatic carbocycles. The van der Waals surface area contributed by atoms with Gasteiger partial charge in [0.05, 0.1) is 5.38 Å². The van der Waals surface area contributed by atoms with Crippen LogP contribution in [0, 0.1) is 5.92 Å².